The average Bonchev–Trinajstić information content (AvgIpc) is 2.42. The molecule has 110 valence electrons. The Balaban J connectivity index is 2.00. The van der Waals surface area contributed by atoms with E-state index in [1.165, 1.54) is 0 Å². The molecule has 0 spiro atoms. The predicted octanol–water partition coefficient (Wildman–Crippen LogP) is 1.71. The number of nitrogens with one attached hydrogen (secondary N) is 2. The van der Waals surface area contributed by atoms with Gasteiger partial charge >= 0.3 is 0 Å². The van der Waals surface area contributed by atoms with Gasteiger partial charge in [0.2, 0.25) is 5.91 Å². The van der Waals surface area contributed by atoms with Gasteiger partial charge in [-0.3, -0.25) is 4.79 Å². The Morgan fingerprint density at radius 3 is 2.90 bits per heavy atom. The molecule has 1 aliphatic rings. The highest BCUT2D eigenvalue weighted by atomic mass is 16.5. The Kier molecular flexibility index (Phi) is 4.98. The van der Waals surface area contributed by atoms with Gasteiger partial charge < -0.3 is 20.1 Å². The van der Waals surface area contributed by atoms with Gasteiger partial charge in [0, 0.05) is 12.2 Å². The van der Waals surface area contributed by atoms with Gasteiger partial charge in [0.25, 0.3) is 0 Å². The van der Waals surface area contributed by atoms with Gasteiger partial charge in [0.1, 0.15) is 11.8 Å². The van der Waals surface area contributed by atoms with E-state index in [1.807, 2.05) is 39.0 Å². The lowest BCUT2D eigenvalue weighted by molar-refractivity contribution is -0.120. The molecule has 1 atom stereocenters. The smallest absolute Gasteiger partial charge is 0.243 e. The van der Waals surface area contributed by atoms with Crippen molar-refractivity contribution in [2.45, 2.75) is 32.9 Å². The van der Waals surface area contributed by atoms with Crippen molar-refractivity contribution in [3.8, 4) is 5.75 Å². The van der Waals surface area contributed by atoms with E-state index in [-0.39, 0.29) is 18.1 Å². The molecule has 20 heavy (non-hydrogen) atoms. The van der Waals surface area contributed by atoms with Gasteiger partial charge in [-0.25, -0.2) is 0 Å². The maximum absolute atomic E-state index is 12.1. The number of anilines is 1. The number of carbonyl (C=O) groups is 1. The maximum atomic E-state index is 12.1. The number of benzene rings is 1. The fourth-order valence-electron chi connectivity index (χ4n) is 2.08. The summed E-state index contributed by atoms with van der Waals surface area (Å²) in [6, 6.07) is 5.39. The van der Waals surface area contributed by atoms with Gasteiger partial charge in [0.15, 0.2) is 0 Å². The fourth-order valence-corrected chi connectivity index (χ4v) is 2.08. The van der Waals surface area contributed by atoms with Crippen molar-refractivity contribution in [1.82, 2.24) is 5.32 Å². The largest absolute Gasteiger partial charge is 0.491 e. The van der Waals surface area contributed by atoms with Crippen LogP contribution in [0, 0.1) is 6.92 Å². The summed E-state index contributed by atoms with van der Waals surface area (Å²) in [5.74, 6) is 0.750. The molecule has 1 saturated heterocycles. The van der Waals surface area contributed by atoms with Crippen LogP contribution < -0.4 is 15.4 Å². The highest BCUT2D eigenvalue weighted by Gasteiger charge is 2.21. The molecule has 0 aromatic heterocycles. The molecule has 0 bridgehead atoms. The van der Waals surface area contributed by atoms with Crippen LogP contribution >= 0.6 is 0 Å². The Morgan fingerprint density at radius 2 is 2.30 bits per heavy atom. The number of ether oxygens (including phenoxy) is 2. The first-order valence-electron chi connectivity index (χ1n) is 6.95. The van der Waals surface area contributed by atoms with Crippen molar-refractivity contribution >= 4 is 11.6 Å². The number of hydrogen-bond donors (Lipinski definition) is 2. The highest BCUT2D eigenvalue weighted by Crippen LogP contribution is 2.22. The van der Waals surface area contributed by atoms with Gasteiger partial charge in [-0.2, -0.15) is 0 Å². The lowest BCUT2D eigenvalue weighted by Crippen LogP contribution is -2.48. The van der Waals surface area contributed by atoms with Gasteiger partial charge in [-0.15, -0.1) is 0 Å². The molecule has 1 amide bonds. The second-order valence-electron chi connectivity index (χ2n) is 5.21. The summed E-state index contributed by atoms with van der Waals surface area (Å²) < 4.78 is 10.9. The Morgan fingerprint density at radius 1 is 1.50 bits per heavy atom. The zero-order chi connectivity index (χ0) is 14.5. The first kappa shape index (κ1) is 14.8. The number of carbonyl (C=O) groups excluding carboxylic acids is 1. The second kappa shape index (κ2) is 6.72. The average molecular weight is 278 g/mol. The zero-order valence-electron chi connectivity index (χ0n) is 12.2. The summed E-state index contributed by atoms with van der Waals surface area (Å²) in [4.78, 5) is 12.1. The molecule has 1 aromatic carbocycles. The quantitative estimate of drug-likeness (QED) is 0.880. The van der Waals surface area contributed by atoms with E-state index in [9.17, 15) is 4.79 Å². The number of rotatable bonds is 4. The van der Waals surface area contributed by atoms with Crippen LogP contribution in [0.2, 0.25) is 0 Å². The molecular weight excluding hydrogens is 256 g/mol. The Hall–Kier alpha value is -1.59. The number of hydrogen-bond acceptors (Lipinski definition) is 4. The maximum Gasteiger partial charge on any atom is 0.243 e. The van der Waals surface area contributed by atoms with Crippen LogP contribution in [-0.2, 0) is 9.53 Å². The van der Waals surface area contributed by atoms with Gasteiger partial charge in [0.05, 0.1) is 19.3 Å². The fraction of sp³-hybridized carbons (Fsp3) is 0.533. The number of amides is 1. The molecule has 0 aliphatic carbocycles. The van der Waals surface area contributed by atoms with E-state index in [1.54, 1.807) is 0 Å². The lowest BCUT2D eigenvalue weighted by Gasteiger charge is -2.23. The molecule has 5 nitrogen and oxygen atoms in total. The molecule has 1 heterocycles. The highest BCUT2D eigenvalue weighted by molar-refractivity contribution is 5.95. The first-order chi connectivity index (χ1) is 9.56. The molecule has 2 rings (SSSR count). The molecule has 1 aromatic rings. The van der Waals surface area contributed by atoms with Crippen molar-refractivity contribution < 1.29 is 14.3 Å². The molecular formula is C15H22N2O3. The van der Waals surface area contributed by atoms with Crippen LogP contribution in [0.3, 0.4) is 0 Å². The molecule has 1 unspecified atom stereocenters. The normalized spacial score (nSPS) is 18.9. The zero-order valence-corrected chi connectivity index (χ0v) is 12.2. The van der Waals surface area contributed by atoms with Crippen molar-refractivity contribution in [3.05, 3.63) is 23.8 Å². The van der Waals surface area contributed by atoms with Crippen LogP contribution in [0.4, 0.5) is 5.69 Å². The molecule has 0 radical (unpaired) electrons. The summed E-state index contributed by atoms with van der Waals surface area (Å²) in [6.45, 7) is 7.70. The minimum Gasteiger partial charge on any atom is -0.491 e. The SMILES string of the molecule is Cc1cc(OC(C)C)ccc1NC(=O)C1COCCN1. The minimum atomic E-state index is -0.283. The molecule has 5 heteroatoms. The van der Waals surface area contributed by atoms with E-state index in [4.69, 9.17) is 9.47 Å². The monoisotopic (exact) mass is 278 g/mol. The van der Waals surface area contributed by atoms with Crippen molar-refractivity contribution in [3.63, 3.8) is 0 Å². The Labute approximate surface area is 119 Å². The minimum absolute atomic E-state index is 0.0645. The summed E-state index contributed by atoms with van der Waals surface area (Å²) >= 11 is 0. The molecule has 0 saturated carbocycles. The standard InChI is InChI=1S/C15H22N2O3/c1-10(2)20-12-4-5-13(11(3)8-12)17-15(18)14-9-19-7-6-16-14/h4-5,8,10,14,16H,6-7,9H2,1-3H3,(H,17,18). The van der Waals surface area contributed by atoms with Crippen LogP contribution in [0.15, 0.2) is 18.2 Å². The Bertz CT molecular complexity index is 468. The third-order valence-electron chi connectivity index (χ3n) is 3.07. The summed E-state index contributed by atoms with van der Waals surface area (Å²) in [6.07, 6.45) is 0.137. The molecule has 1 aliphatic heterocycles. The lowest BCUT2D eigenvalue weighted by atomic mass is 10.1. The van der Waals surface area contributed by atoms with Crippen molar-refractivity contribution in [2.24, 2.45) is 0 Å². The van der Waals surface area contributed by atoms with Crippen molar-refractivity contribution in [2.75, 3.05) is 25.1 Å². The molecule has 2 N–H and O–H groups in total. The van der Waals surface area contributed by atoms with Crippen LogP contribution in [0.5, 0.6) is 5.75 Å². The van der Waals surface area contributed by atoms with E-state index in [0.29, 0.717) is 19.8 Å². The van der Waals surface area contributed by atoms with E-state index in [0.717, 1.165) is 17.0 Å². The first-order valence-corrected chi connectivity index (χ1v) is 6.95. The summed E-state index contributed by atoms with van der Waals surface area (Å²) in [7, 11) is 0. The summed E-state index contributed by atoms with van der Waals surface area (Å²) in [5, 5.41) is 6.06. The second-order valence-corrected chi connectivity index (χ2v) is 5.21. The van der Waals surface area contributed by atoms with Crippen LogP contribution in [-0.4, -0.2) is 37.8 Å². The van der Waals surface area contributed by atoms with Crippen molar-refractivity contribution in [1.29, 1.82) is 0 Å². The predicted molar refractivity (Wildman–Crippen MR) is 78.2 cm³/mol. The number of morpholine rings is 1. The van der Waals surface area contributed by atoms with Crippen LogP contribution in [0.25, 0.3) is 0 Å². The third-order valence-corrected chi connectivity index (χ3v) is 3.07. The van der Waals surface area contributed by atoms with E-state index >= 15 is 0 Å². The summed E-state index contributed by atoms with van der Waals surface area (Å²) in [5.41, 5.74) is 1.78. The third kappa shape index (κ3) is 3.95. The number of aryl methyl sites for hydroxylation is 1. The van der Waals surface area contributed by atoms with Gasteiger partial charge in [-0.1, -0.05) is 0 Å². The van der Waals surface area contributed by atoms with Gasteiger partial charge in [-0.05, 0) is 44.5 Å². The topological polar surface area (TPSA) is 59.6 Å². The van der Waals surface area contributed by atoms with E-state index in [2.05, 4.69) is 10.6 Å². The van der Waals surface area contributed by atoms with Crippen LogP contribution in [0.1, 0.15) is 19.4 Å². The van der Waals surface area contributed by atoms with E-state index < -0.39 is 0 Å². The molecule has 1 fully saturated rings.